The fourth-order valence-corrected chi connectivity index (χ4v) is 8.38. The Hall–Kier alpha value is -3.38. The van der Waals surface area contributed by atoms with Crippen LogP contribution in [0.25, 0.3) is 22.0 Å². The van der Waals surface area contributed by atoms with Gasteiger partial charge in [0.2, 0.25) is 5.95 Å². The Kier molecular flexibility index (Phi) is 7.92. The summed E-state index contributed by atoms with van der Waals surface area (Å²) in [6, 6.07) is 9.28. The average Bonchev–Trinajstić information content (AvgIpc) is 3.81. The molecule has 1 atom stereocenters. The zero-order valence-corrected chi connectivity index (χ0v) is 26.4. The predicted molar refractivity (Wildman–Crippen MR) is 171 cm³/mol. The number of nitrogens with zero attached hydrogens (tertiary/aromatic N) is 3. The van der Waals surface area contributed by atoms with E-state index in [1.165, 1.54) is 25.0 Å². The van der Waals surface area contributed by atoms with Crippen molar-refractivity contribution in [2.75, 3.05) is 23.1 Å². The normalized spacial score (nSPS) is 19.2. The van der Waals surface area contributed by atoms with Gasteiger partial charge in [0.25, 0.3) is 10.0 Å². The lowest BCUT2D eigenvalue weighted by atomic mass is 9.97. The number of benzene rings is 3. The van der Waals surface area contributed by atoms with Crippen LogP contribution in [-0.4, -0.2) is 53.6 Å². The highest BCUT2D eigenvalue weighted by atomic mass is 35.5. The van der Waals surface area contributed by atoms with Crippen molar-refractivity contribution in [2.24, 2.45) is 0 Å². The van der Waals surface area contributed by atoms with Gasteiger partial charge in [-0.1, -0.05) is 18.5 Å². The lowest BCUT2D eigenvalue weighted by Gasteiger charge is -2.32. The largest absolute Gasteiger partial charge is 0.388 e. The lowest BCUT2D eigenvalue weighted by molar-refractivity contribution is 0.180. The maximum atomic E-state index is 16.0. The highest BCUT2D eigenvalue weighted by Gasteiger charge is 2.32. The molecule has 2 heterocycles. The topological polar surface area (TPSA) is 107 Å². The summed E-state index contributed by atoms with van der Waals surface area (Å²) < 4.78 is 60.6. The van der Waals surface area contributed by atoms with Crippen LogP contribution in [0.2, 0.25) is 5.02 Å². The fourth-order valence-electron chi connectivity index (χ4n) is 6.70. The van der Waals surface area contributed by atoms with Gasteiger partial charge >= 0.3 is 0 Å². The number of hydrogen-bond donors (Lipinski definition) is 3. The first-order valence-electron chi connectivity index (χ1n) is 15.4. The molecule has 0 amide bonds. The van der Waals surface area contributed by atoms with E-state index in [-0.39, 0.29) is 27.1 Å². The van der Waals surface area contributed by atoms with Crippen LogP contribution in [0.4, 0.5) is 20.4 Å². The van der Waals surface area contributed by atoms with Gasteiger partial charge in [-0.2, -0.15) is 0 Å². The molecule has 0 spiro atoms. The number of sulfonamides is 1. The van der Waals surface area contributed by atoms with Crippen molar-refractivity contribution in [2.45, 2.75) is 75.0 Å². The van der Waals surface area contributed by atoms with E-state index in [4.69, 9.17) is 16.6 Å². The van der Waals surface area contributed by atoms with Gasteiger partial charge < -0.3 is 15.3 Å². The van der Waals surface area contributed by atoms with Gasteiger partial charge in [-0.05, 0) is 104 Å². The summed E-state index contributed by atoms with van der Waals surface area (Å²) in [6.07, 6.45) is 6.73. The molecule has 3 aromatic carbocycles. The summed E-state index contributed by atoms with van der Waals surface area (Å²) >= 11 is 6.17. The van der Waals surface area contributed by atoms with Crippen LogP contribution in [0.1, 0.15) is 61.8 Å². The van der Waals surface area contributed by atoms with Crippen LogP contribution in [0, 0.1) is 11.6 Å². The van der Waals surface area contributed by atoms with Crippen molar-refractivity contribution in [3.63, 3.8) is 0 Å². The van der Waals surface area contributed by atoms with Crippen LogP contribution in [0.15, 0.2) is 47.5 Å². The van der Waals surface area contributed by atoms with Crippen LogP contribution in [-0.2, 0) is 22.9 Å². The van der Waals surface area contributed by atoms with E-state index in [0.717, 1.165) is 49.7 Å². The first-order chi connectivity index (χ1) is 21.6. The summed E-state index contributed by atoms with van der Waals surface area (Å²) in [5.74, 6) is -1.35. The quantitative estimate of drug-likeness (QED) is 0.196. The minimum absolute atomic E-state index is 0.137. The second kappa shape index (κ2) is 11.8. The number of fused-ring (bicyclic) bond motifs is 2. The molecule has 236 valence electrons. The minimum atomic E-state index is -4.33. The maximum Gasteiger partial charge on any atom is 0.262 e. The Morgan fingerprint density at radius 3 is 2.58 bits per heavy atom. The molecule has 0 unspecified atom stereocenters. The van der Waals surface area contributed by atoms with E-state index in [9.17, 15) is 13.5 Å². The van der Waals surface area contributed by atoms with Crippen molar-refractivity contribution in [3.8, 4) is 11.1 Å². The standard InChI is InChI=1S/C33H34ClF2N5O3S/c1-2-18-13-19(14-20-17-37-33(39-32(18)20)38-22-9-11-41(12-10-22)23-3-4-23)30-26(35)6-7-27(31(30)36)40-45(43,44)29-16-21(34)15-25-24(29)5-8-28(25)42/h6-7,13-17,22-23,28,40,42H,2-5,8-12H2,1H3,(H,37,38,39)/t28-/m1/s1. The Morgan fingerprint density at radius 2 is 1.84 bits per heavy atom. The van der Waals surface area contributed by atoms with Crippen LogP contribution < -0.4 is 10.0 Å². The molecule has 7 rings (SSSR count). The summed E-state index contributed by atoms with van der Waals surface area (Å²) in [6.45, 7) is 4.07. The number of anilines is 2. The third-order valence-corrected chi connectivity index (χ3v) is 10.9. The number of aliphatic hydroxyl groups excluding tert-OH is 1. The fraction of sp³-hybridized carbons (Fsp3) is 0.394. The number of aliphatic hydroxyl groups is 1. The highest BCUT2D eigenvalue weighted by Crippen LogP contribution is 2.39. The van der Waals surface area contributed by atoms with Gasteiger partial charge in [-0.3, -0.25) is 4.72 Å². The monoisotopic (exact) mass is 653 g/mol. The molecule has 1 saturated heterocycles. The van der Waals surface area contributed by atoms with E-state index in [1.807, 2.05) is 6.92 Å². The Bertz CT molecular complexity index is 1910. The molecule has 45 heavy (non-hydrogen) atoms. The predicted octanol–water partition coefficient (Wildman–Crippen LogP) is 6.61. The van der Waals surface area contributed by atoms with Crippen molar-refractivity contribution in [1.29, 1.82) is 0 Å². The van der Waals surface area contributed by atoms with Crippen molar-refractivity contribution < 1.29 is 22.3 Å². The van der Waals surface area contributed by atoms with Gasteiger partial charge in [0.15, 0.2) is 5.82 Å². The zero-order valence-electron chi connectivity index (χ0n) is 24.8. The summed E-state index contributed by atoms with van der Waals surface area (Å²) in [5.41, 5.74) is 1.84. The van der Waals surface area contributed by atoms with Crippen LogP contribution >= 0.6 is 11.6 Å². The third-order valence-electron chi connectivity index (χ3n) is 9.22. The van der Waals surface area contributed by atoms with Gasteiger partial charge in [0, 0.05) is 41.8 Å². The lowest BCUT2D eigenvalue weighted by Crippen LogP contribution is -2.40. The smallest absolute Gasteiger partial charge is 0.262 e. The minimum Gasteiger partial charge on any atom is -0.388 e. The number of aromatic nitrogens is 2. The Morgan fingerprint density at radius 1 is 1.07 bits per heavy atom. The molecule has 0 radical (unpaired) electrons. The van der Waals surface area contributed by atoms with Gasteiger partial charge in [-0.15, -0.1) is 0 Å². The molecule has 3 aliphatic rings. The summed E-state index contributed by atoms with van der Waals surface area (Å²) in [5, 5.41) is 14.5. The van der Waals surface area contributed by atoms with E-state index in [1.54, 1.807) is 18.3 Å². The number of hydrogen-bond acceptors (Lipinski definition) is 7. The Labute approximate surface area is 265 Å². The molecule has 2 aliphatic carbocycles. The highest BCUT2D eigenvalue weighted by molar-refractivity contribution is 7.92. The second-order valence-corrected chi connectivity index (χ2v) is 14.3. The summed E-state index contributed by atoms with van der Waals surface area (Å²) in [7, 11) is -4.33. The molecule has 8 nitrogen and oxygen atoms in total. The van der Waals surface area contributed by atoms with Gasteiger partial charge in [0.05, 0.1) is 27.8 Å². The Balaban J connectivity index is 1.18. The molecule has 0 bridgehead atoms. The van der Waals surface area contributed by atoms with Crippen molar-refractivity contribution in [1.82, 2.24) is 14.9 Å². The molecule has 4 aromatic rings. The second-order valence-electron chi connectivity index (χ2n) is 12.2. The molecule has 1 aromatic heterocycles. The molecule has 3 N–H and O–H groups in total. The van der Waals surface area contributed by atoms with E-state index >= 15 is 8.78 Å². The van der Waals surface area contributed by atoms with Crippen molar-refractivity contribution in [3.05, 3.63) is 75.9 Å². The average molecular weight is 654 g/mol. The molecular formula is C33H34ClF2N5O3S. The van der Waals surface area contributed by atoms with E-state index in [0.29, 0.717) is 47.2 Å². The molecular weight excluding hydrogens is 620 g/mol. The SMILES string of the molecule is CCc1cc(-c2c(F)ccc(NS(=O)(=O)c3cc(Cl)cc4c3CC[C@H]4O)c2F)cc2cnc(NC3CCN(C4CC4)CC3)nc12. The van der Waals surface area contributed by atoms with Gasteiger partial charge in [0.1, 0.15) is 5.82 Å². The van der Waals surface area contributed by atoms with Crippen LogP contribution in [0.3, 0.4) is 0 Å². The molecule has 1 aliphatic heterocycles. The molecule has 2 fully saturated rings. The third kappa shape index (κ3) is 5.87. The number of piperidine rings is 1. The number of nitrogens with one attached hydrogen (secondary N) is 2. The van der Waals surface area contributed by atoms with Crippen molar-refractivity contribution >= 4 is 44.2 Å². The number of aryl methyl sites for hydroxylation is 1. The molecule has 12 heteroatoms. The first-order valence-corrected chi connectivity index (χ1v) is 17.3. The molecule has 1 saturated carbocycles. The first kappa shape index (κ1) is 30.3. The van der Waals surface area contributed by atoms with E-state index < -0.39 is 33.4 Å². The van der Waals surface area contributed by atoms with Gasteiger partial charge in [-0.25, -0.2) is 27.2 Å². The number of likely N-dealkylation sites (tertiary alicyclic amines) is 1. The number of halogens is 3. The van der Waals surface area contributed by atoms with E-state index in [2.05, 4.69) is 19.9 Å². The summed E-state index contributed by atoms with van der Waals surface area (Å²) in [4.78, 5) is 11.7. The zero-order chi connectivity index (χ0) is 31.5. The maximum absolute atomic E-state index is 16.0. The van der Waals surface area contributed by atoms with Crippen LogP contribution in [0.5, 0.6) is 0 Å². The number of rotatable bonds is 8.